The number of amides is 1. The molecule has 0 bridgehead atoms. The number of nitrogens with zero attached hydrogens (tertiary/aromatic N) is 2. The summed E-state index contributed by atoms with van der Waals surface area (Å²) < 4.78 is 0. The third-order valence-electron chi connectivity index (χ3n) is 5.94. The number of carbonyl (C=O) groups is 1. The molecule has 0 spiro atoms. The van der Waals surface area contributed by atoms with Crippen LogP contribution in [0.25, 0.3) is 0 Å². The number of hydrogen-bond acceptors (Lipinski definition) is 4. The van der Waals surface area contributed by atoms with E-state index in [2.05, 4.69) is 39.6 Å². The molecule has 0 fully saturated rings. The number of rotatable bonds is 7. The Morgan fingerprint density at radius 1 is 1.00 bits per heavy atom. The van der Waals surface area contributed by atoms with E-state index in [9.17, 15) is 4.79 Å². The molecule has 1 aliphatic rings. The lowest BCUT2D eigenvalue weighted by Gasteiger charge is -2.27. The molecule has 0 saturated carbocycles. The van der Waals surface area contributed by atoms with Crippen LogP contribution in [-0.4, -0.2) is 24.1 Å². The van der Waals surface area contributed by atoms with E-state index >= 15 is 0 Å². The van der Waals surface area contributed by atoms with Crippen LogP contribution < -0.4 is 11.1 Å². The largest absolute Gasteiger partial charge is 0.368 e. The van der Waals surface area contributed by atoms with E-state index in [4.69, 9.17) is 17.3 Å². The van der Waals surface area contributed by atoms with Crippen molar-refractivity contribution in [3.8, 4) is 0 Å². The van der Waals surface area contributed by atoms with Gasteiger partial charge in [0.1, 0.15) is 5.92 Å². The van der Waals surface area contributed by atoms with Gasteiger partial charge in [-0.2, -0.15) is 0 Å². The molecule has 4 rings (SSSR count). The molecule has 1 aliphatic heterocycles. The summed E-state index contributed by atoms with van der Waals surface area (Å²) >= 11 is 6.19. The number of aliphatic imine (C=N–C) groups is 2. The van der Waals surface area contributed by atoms with Crippen molar-refractivity contribution in [2.75, 3.05) is 6.54 Å². The first-order chi connectivity index (χ1) is 16.0. The van der Waals surface area contributed by atoms with Crippen LogP contribution in [0.5, 0.6) is 0 Å². The first-order valence-corrected chi connectivity index (χ1v) is 11.4. The van der Waals surface area contributed by atoms with E-state index in [0.29, 0.717) is 17.3 Å². The highest BCUT2D eigenvalue weighted by atomic mass is 35.5. The van der Waals surface area contributed by atoms with Crippen molar-refractivity contribution in [2.24, 2.45) is 21.6 Å². The van der Waals surface area contributed by atoms with Gasteiger partial charge in [-0.3, -0.25) is 4.79 Å². The van der Waals surface area contributed by atoms with E-state index in [0.717, 1.165) is 12.0 Å². The molecular formula is C27H27ClN4O. The highest BCUT2D eigenvalue weighted by Crippen LogP contribution is 2.32. The van der Waals surface area contributed by atoms with Gasteiger partial charge in [-0.25, -0.2) is 9.98 Å². The van der Waals surface area contributed by atoms with Crippen molar-refractivity contribution >= 4 is 29.2 Å². The van der Waals surface area contributed by atoms with Crippen LogP contribution in [0.1, 0.15) is 42.0 Å². The SMILES string of the molecule is CC1=NC(N)=NC(c2cccc(Cl)c2)C1C(=O)NCCC(c1ccccc1)c1ccccc1. The highest BCUT2D eigenvalue weighted by molar-refractivity contribution is 6.30. The Balaban J connectivity index is 1.50. The molecule has 168 valence electrons. The van der Waals surface area contributed by atoms with Crippen molar-refractivity contribution in [3.63, 3.8) is 0 Å². The Kier molecular flexibility index (Phi) is 7.20. The Morgan fingerprint density at radius 3 is 2.24 bits per heavy atom. The number of hydrogen-bond donors (Lipinski definition) is 2. The van der Waals surface area contributed by atoms with Gasteiger partial charge in [0.05, 0.1) is 6.04 Å². The van der Waals surface area contributed by atoms with Gasteiger partial charge < -0.3 is 11.1 Å². The second-order valence-electron chi connectivity index (χ2n) is 8.17. The molecule has 0 aromatic heterocycles. The molecule has 33 heavy (non-hydrogen) atoms. The van der Waals surface area contributed by atoms with Crippen LogP contribution >= 0.6 is 11.6 Å². The normalized spacial score (nSPS) is 17.9. The van der Waals surface area contributed by atoms with Gasteiger partial charge in [0, 0.05) is 23.2 Å². The fraction of sp³-hybridized carbons (Fsp3) is 0.222. The van der Waals surface area contributed by atoms with Crippen molar-refractivity contribution in [1.29, 1.82) is 0 Å². The monoisotopic (exact) mass is 458 g/mol. The maximum Gasteiger partial charge on any atom is 0.231 e. The first-order valence-electron chi connectivity index (χ1n) is 11.0. The molecule has 3 aromatic rings. The molecule has 1 heterocycles. The standard InChI is InChI=1S/C27H27ClN4O/c1-18-24(25(32-27(29)31-18)21-13-8-14-22(28)17-21)26(33)30-16-15-23(19-9-4-2-5-10-19)20-11-6-3-7-12-20/h2-14,17,23-25H,15-16H2,1H3,(H2,29,32)(H,30,33). The molecule has 5 nitrogen and oxygen atoms in total. The van der Waals surface area contributed by atoms with Crippen molar-refractivity contribution in [3.05, 3.63) is 107 Å². The zero-order chi connectivity index (χ0) is 23.2. The summed E-state index contributed by atoms with van der Waals surface area (Å²) in [5.74, 6) is -0.291. The summed E-state index contributed by atoms with van der Waals surface area (Å²) in [6.45, 7) is 2.35. The van der Waals surface area contributed by atoms with Gasteiger partial charge in [0.2, 0.25) is 11.9 Å². The summed E-state index contributed by atoms with van der Waals surface area (Å²) in [5.41, 5.74) is 9.85. The maximum absolute atomic E-state index is 13.3. The van der Waals surface area contributed by atoms with Gasteiger partial charge in [0.25, 0.3) is 0 Å². The van der Waals surface area contributed by atoms with Gasteiger partial charge in [-0.05, 0) is 42.2 Å². The topological polar surface area (TPSA) is 79.8 Å². The average molecular weight is 459 g/mol. The van der Waals surface area contributed by atoms with E-state index < -0.39 is 12.0 Å². The number of benzene rings is 3. The summed E-state index contributed by atoms with van der Waals surface area (Å²) in [6.07, 6.45) is 0.774. The van der Waals surface area contributed by atoms with Crippen molar-refractivity contribution in [1.82, 2.24) is 5.32 Å². The summed E-state index contributed by atoms with van der Waals surface area (Å²) in [7, 11) is 0. The second kappa shape index (κ2) is 10.5. The minimum Gasteiger partial charge on any atom is -0.368 e. The Hall–Kier alpha value is -3.44. The van der Waals surface area contributed by atoms with Gasteiger partial charge in [-0.15, -0.1) is 0 Å². The molecule has 2 atom stereocenters. The summed E-state index contributed by atoms with van der Waals surface area (Å²) in [5, 5.41) is 3.71. The zero-order valence-corrected chi connectivity index (χ0v) is 19.2. The van der Waals surface area contributed by atoms with E-state index in [1.165, 1.54) is 11.1 Å². The van der Waals surface area contributed by atoms with E-state index in [-0.39, 0.29) is 17.8 Å². The quantitative estimate of drug-likeness (QED) is 0.515. The Bertz CT molecular complexity index is 1120. The first kappa shape index (κ1) is 22.7. The molecular weight excluding hydrogens is 432 g/mol. The molecule has 0 saturated heterocycles. The number of guanidine groups is 1. The summed E-state index contributed by atoms with van der Waals surface area (Å²) in [6, 6.07) is 27.6. The van der Waals surface area contributed by atoms with Crippen LogP contribution in [0, 0.1) is 5.92 Å². The fourth-order valence-electron chi connectivity index (χ4n) is 4.36. The fourth-order valence-corrected chi connectivity index (χ4v) is 4.56. The lowest BCUT2D eigenvalue weighted by Crippen LogP contribution is -2.41. The van der Waals surface area contributed by atoms with Crippen molar-refractivity contribution < 1.29 is 4.79 Å². The van der Waals surface area contributed by atoms with Crippen LogP contribution in [0.15, 0.2) is 94.9 Å². The molecule has 6 heteroatoms. The Labute approximate surface area is 199 Å². The Morgan fingerprint density at radius 2 is 1.64 bits per heavy atom. The van der Waals surface area contributed by atoms with Crippen LogP contribution in [0.2, 0.25) is 5.02 Å². The number of nitrogens with one attached hydrogen (secondary N) is 1. The molecule has 3 N–H and O–H groups in total. The smallest absolute Gasteiger partial charge is 0.231 e. The number of carbonyl (C=O) groups excluding carboxylic acids is 1. The van der Waals surface area contributed by atoms with Crippen LogP contribution in [-0.2, 0) is 4.79 Å². The van der Waals surface area contributed by atoms with Gasteiger partial charge in [0.15, 0.2) is 0 Å². The third kappa shape index (κ3) is 5.49. The summed E-state index contributed by atoms with van der Waals surface area (Å²) in [4.78, 5) is 22.0. The van der Waals surface area contributed by atoms with Gasteiger partial charge >= 0.3 is 0 Å². The highest BCUT2D eigenvalue weighted by Gasteiger charge is 2.35. The maximum atomic E-state index is 13.3. The zero-order valence-electron chi connectivity index (χ0n) is 18.5. The molecule has 2 unspecified atom stereocenters. The van der Waals surface area contributed by atoms with E-state index in [1.54, 1.807) is 6.07 Å². The number of halogens is 1. The van der Waals surface area contributed by atoms with Gasteiger partial charge in [-0.1, -0.05) is 84.4 Å². The third-order valence-corrected chi connectivity index (χ3v) is 6.17. The predicted molar refractivity (Wildman–Crippen MR) is 135 cm³/mol. The van der Waals surface area contributed by atoms with Crippen molar-refractivity contribution in [2.45, 2.75) is 25.3 Å². The minimum atomic E-state index is -0.539. The predicted octanol–water partition coefficient (Wildman–Crippen LogP) is 5.12. The minimum absolute atomic E-state index is 0.114. The van der Waals surface area contributed by atoms with Crippen LogP contribution in [0.4, 0.5) is 0 Å². The number of nitrogens with two attached hydrogens (primary N) is 1. The lowest BCUT2D eigenvalue weighted by molar-refractivity contribution is -0.123. The van der Waals surface area contributed by atoms with Crippen LogP contribution in [0.3, 0.4) is 0 Å². The lowest BCUT2D eigenvalue weighted by atomic mass is 9.87. The average Bonchev–Trinajstić information content (AvgIpc) is 2.82. The second-order valence-corrected chi connectivity index (χ2v) is 8.61. The van der Waals surface area contributed by atoms with E-state index in [1.807, 2.05) is 61.5 Å². The molecule has 0 radical (unpaired) electrons. The molecule has 0 aliphatic carbocycles. The molecule has 3 aromatic carbocycles. The molecule has 1 amide bonds.